The van der Waals surface area contributed by atoms with Gasteiger partial charge in [-0.05, 0) is 39.0 Å². The van der Waals surface area contributed by atoms with Gasteiger partial charge in [0, 0.05) is 18.2 Å². The van der Waals surface area contributed by atoms with Gasteiger partial charge in [-0.3, -0.25) is 4.79 Å². The molecule has 0 saturated carbocycles. The van der Waals surface area contributed by atoms with E-state index in [0.29, 0.717) is 6.54 Å². The van der Waals surface area contributed by atoms with Crippen LogP contribution in [0.1, 0.15) is 31.1 Å². The lowest BCUT2D eigenvalue weighted by atomic mass is 10.1. The first-order valence-corrected chi connectivity index (χ1v) is 7.36. The molecule has 0 fully saturated rings. The highest BCUT2D eigenvalue weighted by molar-refractivity contribution is 7.89. The van der Waals surface area contributed by atoms with Gasteiger partial charge in [-0.1, -0.05) is 0 Å². The molecular formula is C12H17FN2O3S. The molecule has 0 radical (unpaired) electrons. The fraction of sp³-hybridized carbons (Fsp3) is 0.417. The Morgan fingerprint density at radius 3 is 2.42 bits per heavy atom. The highest BCUT2D eigenvalue weighted by atomic mass is 32.2. The minimum atomic E-state index is -4.19. The van der Waals surface area contributed by atoms with Crippen molar-refractivity contribution >= 4 is 15.9 Å². The number of benzene rings is 1. The number of hydrogen-bond acceptors (Lipinski definition) is 3. The number of amides is 1. The molecule has 1 amide bonds. The molecule has 7 heteroatoms. The molecule has 0 unspecified atom stereocenters. The Bertz CT molecular complexity index is 585. The molecule has 0 spiro atoms. The molecule has 0 bridgehead atoms. The Morgan fingerprint density at radius 2 is 2.00 bits per heavy atom. The summed E-state index contributed by atoms with van der Waals surface area (Å²) in [5.41, 5.74) is 0.0981. The van der Waals surface area contributed by atoms with Crippen LogP contribution in [0.25, 0.3) is 0 Å². The third-order valence-corrected chi connectivity index (χ3v) is 3.64. The van der Waals surface area contributed by atoms with Gasteiger partial charge in [-0.15, -0.1) is 0 Å². The van der Waals surface area contributed by atoms with E-state index in [1.54, 1.807) is 4.90 Å². The van der Waals surface area contributed by atoms with Gasteiger partial charge in [0.1, 0.15) is 10.7 Å². The molecule has 0 aromatic heterocycles. The van der Waals surface area contributed by atoms with Crippen LogP contribution in [0.2, 0.25) is 0 Å². The Hall–Kier alpha value is -1.47. The summed E-state index contributed by atoms with van der Waals surface area (Å²) in [6.07, 6.45) is 0. The number of halogens is 1. The highest BCUT2D eigenvalue weighted by Gasteiger charge is 2.21. The first kappa shape index (κ1) is 15.6. The second-order valence-corrected chi connectivity index (χ2v) is 5.90. The smallest absolute Gasteiger partial charge is 0.254 e. The summed E-state index contributed by atoms with van der Waals surface area (Å²) in [5.74, 6) is -1.32. The number of nitrogens with two attached hydrogens (primary N) is 1. The molecule has 19 heavy (non-hydrogen) atoms. The molecule has 0 heterocycles. The van der Waals surface area contributed by atoms with Crippen LogP contribution in [0.15, 0.2) is 23.1 Å². The normalized spacial score (nSPS) is 11.7. The van der Waals surface area contributed by atoms with E-state index in [4.69, 9.17) is 5.14 Å². The maximum absolute atomic E-state index is 13.4. The first-order chi connectivity index (χ1) is 8.68. The van der Waals surface area contributed by atoms with Crippen molar-refractivity contribution in [2.24, 2.45) is 5.14 Å². The lowest BCUT2D eigenvalue weighted by Crippen LogP contribution is -2.36. The van der Waals surface area contributed by atoms with Gasteiger partial charge in [0.15, 0.2) is 0 Å². The zero-order valence-corrected chi connectivity index (χ0v) is 11.9. The third-order valence-electron chi connectivity index (χ3n) is 2.71. The van der Waals surface area contributed by atoms with Crippen molar-refractivity contribution in [3.63, 3.8) is 0 Å². The average molecular weight is 288 g/mol. The van der Waals surface area contributed by atoms with Crippen LogP contribution in [0.3, 0.4) is 0 Å². The Kier molecular flexibility index (Phi) is 4.65. The van der Waals surface area contributed by atoms with Gasteiger partial charge >= 0.3 is 0 Å². The number of sulfonamides is 1. The van der Waals surface area contributed by atoms with E-state index in [2.05, 4.69) is 0 Å². The summed E-state index contributed by atoms with van der Waals surface area (Å²) in [7, 11) is -4.19. The Balaban J connectivity index is 3.27. The zero-order valence-electron chi connectivity index (χ0n) is 11.1. The number of carbonyl (C=O) groups is 1. The van der Waals surface area contributed by atoms with E-state index in [9.17, 15) is 17.6 Å². The van der Waals surface area contributed by atoms with Crippen molar-refractivity contribution in [1.82, 2.24) is 4.90 Å². The number of primary sulfonamides is 1. The lowest BCUT2D eigenvalue weighted by Gasteiger charge is -2.25. The Labute approximate surface area is 112 Å². The predicted molar refractivity (Wildman–Crippen MR) is 69.6 cm³/mol. The molecule has 0 aliphatic rings. The monoisotopic (exact) mass is 288 g/mol. The summed E-state index contributed by atoms with van der Waals surface area (Å²) >= 11 is 0. The standard InChI is InChI=1S/C12H17FN2O3S/c1-4-15(8(2)3)12(16)9-5-6-10(13)11(7-9)19(14,17)18/h5-8H,4H2,1-3H3,(H2,14,17,18). The van der Waals surface area contributed by atoms with Gasteiger partial charge in [-0.2, -0.15) is 0 Å². The zero-order chi connectivity index (χ0) is 14.8. The molecule has 1 aromatic carbocycles. The van der Waals surface area contributed by atoms with Crippen molar-refractivity contribution in [2.45, 2.75) is 31.7 Å². The van der Waals surface area contributed by atoms with Crippen molar-refractivity contribution in [2.75, 3.05) is 6.54 Å². The summed E-state index contributed by atoms with van der Waals surface area (Å²) in [6, 6.07) is 3.11. The molecule has 2 N–H and O–H groups in total. The van der Waals surface area contributed by atoms with Crippen LogP contribution < -0.4 is 5.14 Å². The van der Waals surface area contributed by atoms with E-state index >= 15 is 0 Å². The maximum Gasteiger partial charge on any atom is 0.254 e. The molecule has 106 valence electrons. The van der Waals surface area contributed by atoms with Crippen LogP contribution in [0.5, 0.6) is 0 Å². The number of rotatable bonds is 4. The van der Waals surface area contributed by atoms with E-state index < -0.39 is 20.7 Å². The molecule has 1 aromatic rings. The molecular weight excluding hydrogens is 271 g/mol. The van der Waals surface area contributed by atoms with Gasteiger partial charge in [-0.25, -0.2) is 17.9 Å². The van der Waals surface area contributed by atoms with Gasteiger partial charge < -0.3 is 4.90 Å². The third kappa shape index (κ3) is 3.51. The second-order valence-electron chi connectivity index (χ2n) is 4.38. The second kappa shape index (κ2) is 5.66. The summed E-state index contributed by atoms with van der Waals surface area (Å²) < 4.78 is 35.8. The van der Waals surface area contributed by atoms with Gasteiger partial charge in [0.2, 0.25) is 10.0 Å². The van der Waals surface area contributed by atoms with Crippen LogP contribution in [-0.4, -0.2) is 31.8 Å². The Morgan fingerprint density at radius 1 is 1.42 bits per heavy atom. The van der Waals surface area contributed by atoms with Crippen LogP contribution in [0.4, 0.5) is 4.39 Å². The van der Waals surface area contributed by atoms with Crippen molar-refractivity contribution in [3.05, 3.63) is 29.6 Å². The maximum atomic E-state index is 13.4. The first-order valence-electron chi connectivity index (χ1n) is 5.81. The van der Waals surface area contributed by atoms with Gasteiger partial charge in [0.05, 0.1) is 0 Å². The molecule has 0 saturated heterocycles. The molecule has 5 nitrogen and oxygen atoms in total. The summed E-state index contributed by atoms with van der Waals surface area (Å²) in [4.78, 5) is 13.0. The minimum absolute atomic E-state index is 0.0412. The summed E-state index contributed by atoms with van der Waals surface area (Å²) in [6.45, 7) is 5.96. The summed E-state index contributed by atoms with van der Waals surface area (Å²) in [5, 5.41) is 4.90. The van der Waals surface area contributed by atoms with Crippen LogP contribution in [-0.2, 0) is 10.0 Å². The topological polar surface area (TPSA) is 80.5 Å². The van der Waals surface area contributed by atoms with Crippen LogP contribution in [0, 0.1) is 5.82 Å². The predicted octanol–water partition coefficient (Wildman–Crippen LogP) is 1.34. The highest BCUT2D eigenvalue weighted by Crippen LogP contribution is 2.17. The quantitative estimate of drug-likeness (QED) is 0.908. The lowest BCUT2D eigenvalue weighted by molar-refractivity contribution is 0.0716. The number of hydrogen-bond donors (Lipinski definition) is 1. The van der Waals surface area contributed by atoms with E-state index in [1.165, 1.54) is 6.07 Å². The molecule has 1 rings (SSSR count). The largest absolute Gasteiger partial charge is 0.337 e. The van der Waals surface area contributed by atoms with Crippen molar-refractivity contribution in [3.8, 4) is 0 Å². The average Bonchev–Trinajstić information content (AvgIpc) is 2.28. The molecule has 0 aliphatic heterocycles. The van der Waals surface area contributed by atoms with Crippen LogP contribution >= 0.6 is 0 Å². The van der Waals surface area contributed by atoms with E-state index in [1.807, 2.05) is 20.8 Å². The number of carbonyl (C=O) groups excluding carboxylic acids is 1. The van der Waals surface area contributed by atoms with Crippen molar-refractivity contribution < 1.29 is 17.6 Å². The van der Waals surface area contributed by atoms with E-state index in [0.717, 1.165) is 12.1 Å². The molecule has 0 atom stereocenters. The van der Waals surface area contributed by atoms with Crippen molar-refractivity contribution in [1.29, 1.82) is 0 Å². The van der Waals surface area contributed by atoms with E-state index in [-0.39, 0.29) is 17.5 Å². The van der Waals surface area contributed by atoms with Gasteiger partial charge in [0.25, 0.3) is 5.91 Å². The SMILES string of the molecule is CCN(C(=O)c1ccc(F)c(S(N)(=O)=O)c1)C(C)C. The number of nitrogens with zero attached hydrogens (tertiary/aromatic N) is 1. The molecule has 0 aliphatic carbocycles. The fourth-order valence-electron chi connectivity index (χ4n) is 1.76. The minimum Gasteiger partial charge on any atom is -0.337 e. The fourth-order valence-corrected chi connectivity index (χ4v) is 2.39.